The van der Waals surface area contributed by atoms with Gasteiger partial charge in [0.2, 0.25) is 31.5 Å². The molecule has 38 nitrogen and oxygen atoms in total. The van der Waals surface area contributed by atoms with Gasteiger partial charge in [-0.25, -0.2) is 0 Å². The molecule has 4 bridgehead atoms. The van der Waals surface area contributed by atoms with Gasteiger partial charge in [0.25, 0.3) is 0 Å². The first-order chi connectivity index (χ1) is 41.5. The molecule has 0 amide bonds. The van der Waals surface area contributed by atoms with Crippen LogP contribution in [0.4, 0.5) is 0 Å². The van der Waals surface area contributed by atoms with Crippen molar-refractivity contribution in [1.82, 2.24) is 0 Å². The van der Waals surface area contributed by atoms with Crippen LogP contribution in [0.3, 0.4) is 0 Å². The van der Waals surface area contributed by atoms with Crippen LogP contribution >= 0.6 is 0 Å². The Morgan fingerprint density at radius 1 is 0.273 bits per heavy atom. The minimum absolute atomic E-state index is 0.125. The number of aliphatic hydroxyl groups excluding tert-OH is 29. The van der Waals surface area contributed by atoms with Crippen LogP contribution < -0.4 is 0 Å². The van der Waals surface area contributed by atoms with E-state index in [0.29, 0.717) is 0 Å². The Morgan fingerprint density at radius 3 is 0.830 bits per heavy atom. The van der Waals surface area contributed by atoms with Crippen molar-refractivity contribution < 1.29 is 191 Å². The van der Waals surface area contributed by atoms with Gasteiger partial charge in [-0.3, -0.25) is 0 Å². The number of hydrogen-bond donors (Lipinski definition) is 29. The molecule has 0 spiro atoms. The fourth-order valence-electron chi connectivity index (χ4n) is 9.59. The van der Waals surface area contributed by atoms with Gasteiger partial charge in [-0.15, -0.1) is 0 Å². The largest absolute Gasteiger partial charge is 0.508 e. The highest BCUT2D eigenvalue weighted by Crippen LogP contribution is 2.53. The molecule has 23 atom stereocenters. The zero-order chi connectivity index (χ0) is 66.2. The fourth-order valence-corrected chi connectivity index (χ4v) is 9.59. The van der Waals surface area contributed by atoms with Crippen LogP contribution in [0.15, 0.2) is 69.1 Å². The lowest BCUT2D eigenvalue weighted by Crippen LogP contribution is -2.61. The molecule has 0 aromatic carbocycles. The molecular formula is C50H82O38. The van der Waals surface area contributed by atoms with Crippen molar-refractivity contribution in [2.75, 3.05) is 52.9 Å². The zero-order valence-corrected chi connectivity index (χ0v) is 46.5. The number of hydrogen-bond acceptors (Lipinski definition) is 38. The maximum atomic E-state index is 11.4. The van der Waals surface area contributed by atoms with E-state index in [2.05, 4.69) is 0 Å². The van der Waals surface area contributed by atoms with Crippen LogP contribution in [-0.2, 0) is 42.6 Å². The molecule has 510 valence electrons. The number of fused-ring (bicyclic) bond motifs is 2. The summed E-state index contributed by atoms with van der Waals surface area (Å²) in [6.45, 7) is -7.79. The van der Waals surface area contributed by atoms with Crippen molar-refractivity contribution in [2.45, 2.75) is 168 Å². The molecule has 5 aliphatic heterocycles. The highest BCUT2D eigenvalue weighted by atomic mass is 16.7. The van der Waals surface area contributed by atoms with Crippen LogP contribution in [0, 0.1) is 17.8 Å². The monoisotopic (exact) mass is 1290 g/mol. The van der Waals surface area contributed by atoms with Gasteiger partial charge in [0, 0.05) is 90.0 Å². The van der Waals surface area contributed by atoms with Gasteiger partial charge in [-0.1, -0.05) is 0 Å². The first-order valence-electron chi connectivity index (χ1n) is 27.2. The summed E-state index contributed by atoms with van der Waals surface area (Å²) in [5, 5.41) is 310. The summed E-state index contributed by atoms with van der Waals surface area (Å²) >= 11 is 0. The summed E-state index contributed by atoms with van der Waals surface area (Å²) in [6.07, 6.45) is -50.3. The molecule has 88 heavy (non-hydrogen) atoms. The predicted molar refractivity (Wildman–Crippen MR) is 279 cm³/mol. The van der Waals surface area contributed by atoms with Crippen LogP contribution in [-0.4, -0.2) is 324 Å². The third kappa shape index (κ3) is 18.6. The van der Waals surface area contributed by atoms with Gasteiger partial charge in [-0.2, -0.15) is 0 Å². The number of ether oxygens (including phenoxy) is 9. The second-order valence-electron chi connectivity index (χ2n) is 20.3. The van der Waals surface area contributed by atoms with E-state index in [4.69, 9.17) is 42.6 Å². The quantitative estimate of drug-likeness (QED) is 0.0769. The average molecular weight is 1290 g/mol. The standard InChI is InChI=1S/C50H82O38/c51-7-1-18-29(61)36(68)44(75)81-19(2-8-52)30(62)38(70)46(77)83-21(4-10-54)32(64)40(72)48(79)88-43-25(15-58)87-50(42(74)35(43)67)84-22(5-11-55)28(60)27(59)17-13-16(17)26-24(14-57)86-49(41(73)34(26)66)85-23(6-12-56)33(65)39(71)47(78)82-20(3-9-53)31(63)37(69)45(76)80-18/h16-26,34-35,41-79H,1-15H2. The lowest BCUT2D eigenvalue weighted by atomic mass is 9.84. The van der Waals surface area contributed by atoms with E-state index in [1.165, 1.54) is 0 Å². The first kappa shape index (κ1) is 75.5. The first-order valence-corrected chi connectivity index (χ1v) is 27.2. The highest BCUT2D eigenvalue weighted by Gasteiger charge is 2.58. The van der Waals surface area contributed by atoms with Crippen molar-refractivity contribution >= 4 is 0 Å². The van der Waals surface area contributed by atoms with E-state index in [1.807, 2.05) is 0 Å². The van der Waals surface area contributed by atoms with Crippen LogP contribution in [0.2, 0.25) is 0 Å². The SMILES string of the molecule is OCCC1OC(O)C(O)=C(O)C(CCO)OC(O)C(O)=C(O)C(CCO)OC2OC(CO)C(C(O)C2O)C2CC2C(O)=C(O)C(CCO)OC2OC(CO)C(OC(O)C(O)=C(O)C(CCO)OC(O)C(O)=C(O)C(CCO)OC(O)C(O)=C1O)C(O)C2O. The molecule has 0 radical (unpaired) electrons. The van der Waals surface area contributed by atoms with Crippen molar-refractivity contribution in [3.63, 3.8) is 0 Å². The third-order valence-corrected chi connectivity index (χ3v) is 14.4. The zero-order valence-electron chi connectivity index (χ0n) is 46.5. The molecule has 5 heterocycles. The molecule has 0 aromatic rings. The topological polar surface area (TPSA) is 670 Å². The maximum absolute atomic E-state index is 11.4. The summed E-state index contributed by atoms with van der Waals surface area (Å²) in [5.41, 5.74) is 0. The van der Waals surface area contributed by atoms with E-state index in [0.717, 1.165) is 0 Å². The van der Waals surface area contributed by atoms with Crippen LogP contribution in [0.25, 0.3) is 0 Å². The Bertz CT molecular complexity index is 2360. The second kappa shape index (κ2) is 35.0. The minimum Gasteiger partial charge on any atom is -0.508 e. The van der Waals surface area contributed by atoms with Crippen molar-refractivity contribution in [3.05, 3.63) is 69.1 Å². The van der Waals surface area contributed by atoms with Gasteiger partial charge in [0.15, 0.2) is 75.9 Å². The molecule has 1 aliphatic carbocycles. The van der Waals surface area contributed by atoms with E-state index in [-0.39, 0.29) is 6.42 Å². The van der Waals surface area contributed by atoms with E-state index >= 15 is 0 Å². The third-order valence-electron chi connectivity index (χ3n) is 14.4. The normalized spacial score (nSPS) is 38.6. The molecular weight excluding hydrogens is 1210 g/mol. The number of aliphatic hydroxyl groups is 29. The molecule has 6 aliphatic rings. The Labute approximate surface area is 498 Å². The van der Waals surface area contributed by atoms with Gasteiger partial charge in [0.05, 0.1) is 25.4 Å². The highest BCUT2D eigenvalue weighted by molar-refractivity contribution is 5.19. The lowest BCUT2D eigenvalue weighted by Gasteiger charge is -2.43. The number of allylic oxidation sites excluding steroid dienone is 1. The minimum atomic E-state index is -2.89. The van der Waals surface area contributed by atoms with E-state index in [9.17, 15) is 148 Å². The molecule has 0 aromatic heterocycles. The summed E-state index contributed by atoms with van der Waals surface area (Å²) < 4.78 is 48.0. The molecule has 29 N–H and O–H groups in total. The van der Waals surface area contributed by atoms with Gasteiger partial charge in [-0.05, 0) is 12.3 Å². The van der Waals surface area contributed by atoms with Crippen molar-refractivity contribution in [2.24, 2.45) is 17.8 Å². The van der Waals surface area contributed by atoms with Crippen molar-refractivity contribution in [1.29, 1.82) is 0 Å². The van der Waals surface area contributed by atoms with Crippen molar-refractivity contribution in [3.8, 4) is 0 Å². The Balaban J connectivity index is 1.81. The summed E-state index contributed by atoms with van der Waals surface area (Å²) in [6, 6.07) is 0. The Hall–Kier alpha value is -5.00. The maximum Gasteiger partial charge on any atom is 0.218 e. The molecule has 3 fully saturated rings. The van der Waals surface area contributed by atoms with E-state index < -0.39 is 302 Å². The summed E-state index contributed by atoms with van der Waals surface area (Å²) in [5.74, 6) is -21.2. The second-order valence-corrected chi connectivity index (χ2v) is 20.3. The Morgan fingerprint density at radius 2 is 0.534 bits per heavy atom. The molecule has 6 rings (SSSR count). The molecule has 38 heteroatoms. The fraction of sp³-hybridized carbons (Fsp3) is 0.760. The van der Waals surface area contributed by atoms with E-state index in [1.54, 1.807) is 0 Å². The molecule has 23 unspecified atom stereocenters. The van der Waals surface area contributed by atoms with Crippen LogP contribution in [0.5, 0.6) is 0 Å². The summed E-state index contributed by atoms with van der Waals surface area (Å²) in [4.78, 5) is 0. The Kier molecular flexibility index (Phi) is 30.0. The van der Waals surface area contributed by atoms with Gasteiger partial charge < -0.3 is 191 Å². The summed E-state index contributed by atoms with van der Waals surface area (Å²) in [7, 11) is 0. The number of rotatable bonds is 14. The lowest BCUT2D eigenvalue weighted by molar-refractivity contribution is -0.329. The molecule has 2 saturated heterocycles. The average Bonchev–Trinajstić information content (AvgIpc) is 2.96. The molecule has 1 saturated carbocycles. The van der Waals surface area contributed by atoms with Gasteiger partial charge >= 0.3 is 0 Å². The predicted octanol–water partition coefficient (Wildman–Crippen LogP) is -6.32. The van der Waals surface area contributed by atoms with Crippen LogP contribution in [0.1, 0.15) is 44.9 Å². The van der Waals surface area contributed by atoms with Gasteiger partial charge in [0.1, 0.15) is 72.9 Å². The smallest absolute Gasteiger partial charge is 0.218 e.